The minimum Gasteiger partial charge on any atom is -0.396 e. The Balaban J connectivity index is 1.91. The molecule has 1 N–H and O–H groups in total. The van der Waals surface area contributed by atoms with E-state index >= 15 is 0 Å². The van der Waals surface area contributed by atoms with Crippen molar-refractivity contribution >= 4 is 17.2 Å². The summed E-state index contributed by atoms with van der Waals surface area (Å²) >= 11 is 1.58. The van der Waals surface area contributed by atoms with Crippen LogP contribution in [0.3, 0.4) is 0 Å². The molecule has 1 aliphatic heterocycles. The molecule has 0 aliphatic carbocycles. The Hall–Kier alpha value is -0.940. The van der Waals surface area contributed by atoms with Gasteiger partial charge < -0.3 is 10.0 Å². The van der Waals surface area contributed by atoms with Gasteiger partial charge in [-0.3, -0.25) is 4.79 Å². The number of likely N-dealkylation sites (tertiary alicyclic amines) is 1. The molecule has 1 aromatic heterocycles. The van der Waals surface area contributed by atoms with E-state index in [1.54, 1.807) is 11.3 Å². The van der Waals surface area contributed by atoms with Crippen LogP contribution in [-0.2, 0) is 11.2 Å². The predicted molar refractivity (Wildman–Crippen MR) is 66.9 cm³/mol. The lowest BCUT2D eigenvalue weighted by molar-refractivity contribution is -0.132. The Kier molecular flexibility index (Phi) is 4.12. The maximum absolute atomic E-state index is 12.0. The number of hydrogen-bond donors (Lipinski definition) is 1. The first-order valence-corrected chi connectivity index (χ1v) is 6.86. The van der Waals surface area contributed by atoms with E-state index in [4.69, 9.17) is 5.11 Å². The second kappa shape index (κ2) is 5.60. The van der Waals surface area contributed by atoms with E-state index in [9.17, 15) is 4.79 Å². The number of rotatable bonds is 3. The number of aromatic nitrogens is 1. The number of aliphatic hydroxyl groups is 1. The lowest BCUT2D eigenvalue weighted by Gasteiger charge is -2.31. The second-order valence-electron chi connectivity index (χ2n) is 4.57. The summed E-state index contributed by atoms with van der Waals surface area (Å²) in [7, 11) is 0. The van der Waals surface area contributed by atoms with E-state index in [-0.39, 0.29) is 18.4 Å². The van der Waals surface area contributed by atoms with Crippen LogP contribution in [0.2, 0.25) is 0 Å². The van der Waals surface area contributed by atoms with Gasteiger partial charge in [-0.05, 0) is 25.7 Å². The van der Waals surface area contributed by atoms with Crippen LogP contribution in [0.1, 0.15) is 23.5 Å². The molecular weight excluding hydrogens is 236 g/mol. The van der Waals surface area contributed by atoms with Crippen LogP contribution >= 0.6 is 11.3 Å². The van der Waals surface area contributed by atoms with Crippen molar-refractivity contribution in [3.05, 3.63) is 16.1 Å². The molecule has 2 heterocycles. The zero-order valence-corrected chi connectivity index (χ0v) is 10.9. The normalized spacial score (nSPS) is 20.6. The van der Waals surface area contributed by atoms with Crippen molar-refractivity contribution in [1.29, 1.82) is 0 Å². The summed E-state index contributed by atoms with van der Waals surface area (Å²) in [5, 5.41) is 12.1. The largest absolute Gasteiger partial charge is 0.396 e. The first-order chi connectivity index (χ1) is 8.19. The molecule has 1 atom stereocenters. The van der Waals surface area contributed by atoms with Gasteiger partial charge in [-0.1, -0.05) is 0 Å². The van der Waals surface area contributed by atoms with Gasteiger partial charge in [0.25, 0.3) is 0 Å². The topological polar surface area (TPSA) is 53.4 Å². The van der Waals surface area contributed by atoms with Crippen molar-refractivity contribution < 1.29 is 9.90 Å². The predicted octanol–water partition coefficient (Wildman–Crippen LogP) is 1.22. The molecule has 1 amide bonds. The molecule has 5 heteroatoms. The SMILES string of the molecule is Cc1nc(CC(=O)N2CCCC(CO)C2)cs1. The van der Waals surface area contributed by atoms with Gasteiger partial charge in [0.15, 0.2) is 0 Å². The molecule has 1 saturated heterocycles. The number of aliphatic hydroxyl groups excluding tert-OH is 1. The van der Waals surface area contributed by atoms with Crippen molar-refractivity contribution in [2.45, 2.75) is 26.2 Å². The quantitative estimate of drug-likeness (QED) is 0.882. The molecule has 0 radical (unpaired) electrons. The van der Waals surface area contributed by atoms with Crippen molar-refractivity contribution in [3.8, 4) is 0 Å². The molecule has 1 aromatic rings. The van der Waals surface area contributed by atoms with Crippen LogP contribution < -0.4 is 0 Å². The molecule has 17 heavy (non-hydrogen) atoms. The zero-order chi connectivity index (χ0) is 12.3. The van der Waals surface area contributed by atoms with Crippen LogP contribution in [0.15, 0.2) is 5.38 Å². The fraction of sp³-hybridized carbons (Fsp3) is 0.667. The zero-order valence-electron chi connectivity index (χ0n) is 10.1. The average molecular weight is 254 g/mol. The summed E-state index contributed by atoms with van der Waals surface area (Å²) in [6.45, 7) is 3.64. The monoisotopic (exact) mass is 254 g/mol. The van der Waals surface area contributed by atoms with E-state index in [0.29, 0.717) is 13.0 Å². The molecule has 2 rings (SSSR count). The molecule has 1 aliphatic rings. The summed E-state index contributed by atoms with van der Waals surface area (Å²) < 4.78 is 0. The summed E-state index contributed by atoms with van der Waals surface area (Å²) in [5.41, 5.74) is 0.864. The molecule has 0 spiro atoms. The van der Waals surface area contributed by atoms with Gasteiger partial charge >= 0.3 is 0 Å². The van der Waals surface area contributed by atoms with Crippen LogP contribution in [0.5, 0.6) is 0 Å². The van der Waals surface area contributed by atoms with Crippen LogP contribution in [0.25, 0.3) is 0 Å². The molecule has 0 bridgehead atoms. The molecule has 4 nitrogen and oxygen atoms in total. The highest BCUT2D eigenvalue weighted by molar-refractivity contribution is 7.09. The second-order valence-corrected chi connectivity index (χ2v) is 5.63. The summed E-state index contributed by atoms with van der Waals surface area (Å²) in [4.78, 5) is 18.2. The lowest BCUT2D eigenvalue weighted by Crippen LogP contribution is -2.41. The smallest absolute Gasteiger partial charge is 0.228 e. The number of thiazole rings is 1. The minimum absolute atomic E-state index is 0.133. The van der Waals surface area contributed by atoms with Gasteiger partial charge in [-0.15, -0.1) is 11.3 Å². The molecular formula is C12H18N2O2S. The Labute approximate surface area is 105 Å². The number of carbonyl (C=O) groups excluding carboxylic acids is 1. The minimum atomic E-state index is 0.133. The standard InChI is InChI=1S/C12H18N2O2S/c1-9-13-11(8-17-9)5-12(16)14-4-2-3-10(6-14)7-15/h8,10,15H,2-7H2,1H3. The van der Waals surface area contributed by atoms with Gasteiger partial charge in [0.05, 0.1) is 17.1 Å². The number of amides is 1. The van der Waals surface area contributed by atoms with E-state index < -0.39 is 0 Å². The number of piperidine rings is 1. The van der Waals surface area contributed by atoms with E-state index in [1.165, 1.54) is 0 Å². The highest BCUT2D eigenvalue weighted by atomic mass is 32.1. The van der Waals surface area contributed by atoms with Crippen molar-refractivity contribution in [2.24, 2.45) is 5.92 Å². The highest BCUT2D eigenvalue weighted by Crippen LogP contribution is 2.17. The Morgan fingerprint density at radius 1 is 1.71 bits per heavy atom. The van der Waals surface area contributed by atoms with Gasteiger partial charge in [0.1, 0.15) is 0 Å². The van der Waals surface area contributed by atoms with Crippen molar-refractivity contribution in [3.63, 3.8) is 0 Å². The average Bonchev–Trinajstić information content (AvgIpc) is 2.75. The number of hydrogen-bond acceptors (Lipinski definition) is 4. The number of aryl methyl sites for hydroxylation is 1. The fourth-order valence-electron chi connectivity index (χ4n) is 2.20. The van der Waals surface area contributed by atoms with Gasteiger partial charge in [-0.25, -0.2) is 4.98 Å². The molecule has 1 fully saturated rings. The summed E-state index contributed by atoms with van der Waals surface area (Å²) in [6.07, 6.45) is 2.41. The first-order valence-electron chi connectivity index (χ1n) is 5.98. The van der Waals surface area contributed by atoms with Gasteiger partial charge in [-0.2, -0.15) is 0 Å². The first kappa shape index (κ1) is 12.5. The third-order valence-corrected chi connectivity index (χ3v) is 3.95. The van der Waals surface area contributed by atoms with E-state index in [0.717, 1.165) is 30.1 Å². The third-order valence-electron chi connectivity index (χ3n) is 3.13. The maximum atomic E-state index is 12.0. The third kappa shape index (κ3) is 3.26. The van der Waals surface area contributed by atoms with Gasteiger partial charge in [0.2, 0.25) is 5.91 Å². The maximum Gasteiger partial charge on any atom is 0.228 e. The molecule has 94 valence electrons. The van der Waals surface area contributed by atoms with Crippen LogP contribution in [0, 0.1) is 12.8 Å². The Morgan fingerprint density at radius 3 is 3.18 bits per heavy atom. The van der Waals surface area contributed by atoms with Crippen LogP contribution in [-0.4, -0.2) is 40.6 Å². The summed E-state index contributed by atoms with van der Waals surface area (Å²) in [5.74, 6) is 0.387. The summed E-state index contributed by atoms with van der Waals surface area (Å²) in [6, 6.07) is 0. The Morgan fingerprint density at radius 2 is 2.53 bits per heavy atom. The van der Waals surface area contributed by atoms with Gasteiger partial charge in [0, 0.05) is 25.1 Å². The van der Waals surface area contributed by atoms with Crippen molar-refractivity contribution in [2.75, 3.05) is 19.7 Å². The van der Waals surface area contributed by atoms with Crippen LogP contribution in [0.4, 0.5) is 0 Å². The molecule has 0 aromatic carbocycles. The number of carbonyl (C=O) groups is 1. The highest BCUT2D eigenvalue weighted by Gasteiger charge is 2.23. The number of nitrogens with zero attached hydrogens (tertiary/aromatic N) is 2. The van der Waals surface area contributed by atoms with E-state index in [1.807, 2.05) is 17.2 Å². The molecule has 0 saturated carbocycles. The Bertz CT molecular complexity index is 392. The molecule has 1 unspecified atom stereocenters. The fourth-order valence-corrected chi connectivity index (χ4v) is 2.81. The lowest BCUT2D eigenvalue weighted by atomic mass is 9.99. The van der Waals surface area contributed by atoms with Crippen molar-refractivity contribution in [1.82, 2.24) is 9.88 Å². The van der Waals surface area contributed by atoms with E-state index in [2.05, 4.69) is 4.98 Å².